The average molecular weight is 841 g/mol. The third kappa shape index (κ3) is 7.06. The lowest BCUT2D eigenvalue weighted by molar-refractivity contribution is 0.612. The molecule has 0 amide bonds. The molecule has 11 rings (SSSR count). The molecule has 314 valence electrons. The molecule has 0 aliphatic heterocycles. The molecular formula is C60H50N5+. The molecule has 0 saturated heterocycles. The van der Waals surface area contributed by atoms with E-state index in [9.17, 15) is 0 Å². The van der Waals surface area contributed by atoms with Gasteiger partial charge in [0.1, 0.15) is 11.5 Å². The number of imidazole rings is 1. The summed E-state index contributed by atoms with van der Waals surface area (Å²) >= 11 is 0. The zero-order valence-corrected chi connectivity index (χ0v) is 37.2. The van der Waals surface area contributed by atoms with Gasteiger partial charge in [-0.15, -0.1) is 0 Å². The van der Waals surface area contributed by atoms with Crippen LogP contribution in [0.2, 0.25) is 0 Å². The van der Waals surface area contributed by atoms with Gasteiger partial charge < -0.3 is 4.90 Å². The van der Waals surface area contributed by atoms with Gasteiger partial charge in [-0.3, -0.25) is 4.57 Å². The van der Waals surface area contributed by atoms with E-state index in [1.807, 2.05) is 6.20 Å². The van der Waals surface area contributed by atoms with Crippen molar-refractivity contribution in [1.82, 2.24) is 18.7 Å². The maximum Gasteiger partial charge on any atom is 0.191 e. The van der Waals surface area contributed by atoms with Crippen LogP contribution in [0.4, 0.5) is 17.1 Å². The van der Waals surface area contributed by atoms with Gasteiger partial charge in [0, 0.05) is 58.0 Å². The minimum Gasteiger partial charge on any atom is -0.308 e. The molecule has 8 aromatic carbocycles. The largest absolute Gasteiger partial charge is 0.308 e. The van der Waals surface area contributed by atoms with Crippen LogP contribution in [-0.2, 0) is 0 Å². The Morgan fingerprint density at radius 3 is 1.78 bits per heavy atom. The Balaban J connectivity index is 1.20. The van der Waals surface area contributed by atoms with Crippen LogP contribution in [0.1, 0.15) is 45.2 Å². The van der Waals surface area contributed by atoms with E-state index in [1.54, 1.807) is 0 Å². The Morgan fingerprint density at radius 1 is 0.462 bits per heavy atom. The van der Waals surface area contributed by atoms with Crippen molar-refractivity contribution in [2.75, 3.05) is 4.90 Å². The molecule has 0 N–H and O–H groups in total. The highest BCUT2D eigenvalue weighted by Gasteiger charge is 2.26. The van der Waals surface area contributed by atoms with Gasteiger partial charge in [0.15, 0.2) is 17.4 Å². The molecule has 0 spiro atoms. The standard InChI is InChI=1S/C60H50N5/c1-41(2)49-25-11-12-26-50(49)45-35-36-61-59(37-45)65-55-30-14-13-27-53(55)54-34-33-48(39-58(54)65)64(47-24-17-23-46(38-47)63-40-62(42(3)4)56-31-15-16-32-57(56)63)60-51(43-19-7-5-8-20-43)28-18-29-52(60)44-21-9-6-10-22-44/h5-42H,1-4H3/q+1. The van der Waals surface area contributed by atoms with E-state index in [-0.39, 0.29) is 0 Å². The minimum atomic E-state index is 0.297. The number of aromatic nitrogens is 4. The van der Waals surface area contributed by atoms with Crippen LogP contribution < -0.4 is 4.90 Å². The molecule has 0 unspecified atom stereocenters. The second-order valence-electron chi connectivity index (χ2n) is 17.5. The first kappa shape index (κ1) is 39.8. The van der Waals surface area contributed by atoms with Crippen molar-refractivity contribution in [3.63, 3.8) is 0 Å². The van der Waals surface area contributed by atoms with Gasteiger partial charge in [-0.05, 0) is 102 Å². The molecule has 5 nitrogen and oxygen atoms in total. The Kier molecular flexibility index (Phi) is 10.2. The summed E-state index contributed by atoms with van der Waals surface area (Å²) in [5.41, 5.74) is 17.1. The quantitative estimate of drug-likeness (QED) is 0.128. The highest BCUT2D eigenvalue weighted by atomic mass is 15.2. The van der Waals surface area contributed by atoms with E-state index in [1.165, 1.54) is 27.4 Å². The smallest absolute Gasteiger partial charge is 0.191 e. The molecule has 0 fully saturated rings. The fourth-order valence-electron chi connectivity index (χ4n) is 9.74. The molecule has 0 saturated carbocycles. The van der Waals surface area contributed by atoms with E-state index in [0.717, 1.165) is 72.9 Å². The van der Waals surface area contributed by atoms with Gasteiger partial charge in [0.25, 0.3) is 0 Å². The SMILES string of the molecule is CC(C)c1ccccc1-c1ccnc(-n2c3ccccc3c3ccc(N(c4cccc(-n5[cH+]n(C(C)C)c6ccccc65)c4)c4c(-c5ccccc5)cccc4-c4ccccc4)cc32)c1. The Labute approximate surface area is 380 Å². The first-order valence-electron chi connectivity index (χ1n) is 22.7. The van der Waals surface area contributed by atoms with Crippen LogP contribution >= 0.6 is 0 Å². The van der Waals surface area contributed by atoms with Crippen LogP contribution in [-0.4, -0.2) is 18.7 Å². The predicted molar refractivity (Wildman–Crippen MR) is 273 cm³/mol. The number of pyridine rings is 1. The summed E-state index contributed by atoms with van der Waals surface area (Å²) in [6, 6.07) is 75.1. The predicted octanol–water partition coefficient (Wildman–Crippen LogP) is 16.4. The number of fused-ring (bicyclic) bond motifs is 4. The molecule has 11 aromatic rings. The van der Waals surface area contributed by atoms with E-state index >= 15 is 0 Å². The van der Waals surface area contributed by atoms with E-state index in [4.69, 9.17) is 4.98 Å². The number of hydrogen-bond donors (Lipinski definition) is 0. The molecule has 0 atom stereocenters. The number of benzene rings is 8. The van der Waals surface area contributed by atoms with Crippen LogP contribution in [0.3, 0.4) is 0 Å². The zero-order chi connectivity index (χ0) is 44.0. The molecule has 3 heterocycles. The highest BCUT2D eigenvalue weighted by molar-refractivity contribution is 6.11. The highest BCUT2D eigenvalue weighted by Crippen LogP contribution is 2.48. The van der Waals surface area contributed by atoms with Crippen LogP contribution in [0.5, 0.6) is 0 Å². The maximum atomic E-state index is 5.11. The summed E-state index contributed by atoms with van der Waals surface area (Å²) in [7, 11) is 0. The lowest BCUT2D eigenvalue weighted by Gasteiger charge is -2.30. The summed E-state index contributed by atoms with van der Waals surface area (Å²) in [6.07, 6.45) is 4.21. The third-order valence-electron chi connectivity index (χ3n) is 12.8. The van der Waals surface area contributed by atoms with Gasteiger partial charge in [0.2, 0.25) is 0 Å². The Bertz CT molecular complexity index is 3450. The lowest BCUT2D eigenvalue weighted by atomic mass is 9.93. The third-order valence-corrected chi connectivity index (χ3v) is 12.8. The van der Waals surface area contributed by atoms with E-state index in [2.05, 4.69) is 259 Å². The molecule has 0 aliphatic carbocycles. The fourth-order valence-corrected chi connectivity index (χ4v) is 9.74. The number of anilines is 3. The van der Waals surface area contributed by atoms with Gasteiger partial charge in [-0.2, -0.15) is 4.57 Å². The average Bonchev–Trinajstić information content (AvgIpc) is 3.91. The fraction of sp³-hybridized carbons (Fsp3) is 0.100. The summed E-state index contributed by atoms with van der Waals surface area (Å²) in [5.74, 6) is 1.26. The summed E-state index contributed by atoms with van der Waals surface area (Å²) in [4.78, 5) is 7.58. The zero-order valence-electron chi connectivity index (χ0n) is 37.2. The number of nitrogens with zero attached hydrogens (tertiary/aromatic N) is 5. The van der Waals surface area contributed by atoms with Gasteiger partial charge in [-0.1, -0.05) is 141 Å². The Morgan fingerprint density at radius 2 is 1.06 bits per heavy atom. The maximum absolute atomic E-state index is 5.11. The lowest BCUT2D eigenvalue weighted by Crippen LogP contribution is -2.13. The summed E-state index contributed by atoms with van der Waals surface area (Å²) in [6.45, 7) is 9.01. The first-order chi connectivity index (χ1) is 31.9. The van der Waals surface area contributed by atoms with Crippen LogP contribution in [0.15, 0.2) is 219 Å². The van der Waals surface area contributed by atoms with Crippen molar-refractivity contribution < 1.29 is 0 Å². The number of rotatable bonds is 10. The van der Waals surface area contributed by atoms with E-state index < -0.39 is 0 Å². The molecule has 0 radical (unpaired) electrons. The number of para-hydroxylation sites is 4. The topological polar surface area (TPSA) is 30.9 Å². The molecule has 3 aromatic heterocycles. The van der Waals surface area contributed by atoms with Gasteiger partial charge in [0.05, 0.1) is 28.5 Å². The second-order valence-corrected chi connectivity index (χ2v) is 17.5. The van der Waals surface area contributed by atoms with Crippen molar-refractivity contribution >= 4 is 49.9 Å². The van der Waals surface area contributed by atoms with Gasteiger partial charge >= 0.3 is 0 Å². The van der Waals surface area contributed by atoms with Gasteiger partial charge in [-0.25, -0.2) is 9.55 Å². The van der Waals surface area contributed by atoms with Crippen molar-refractivity contribution in [2.24, 2.45) is 0 Å². The monoisotopic (exact) mass is 840 g/mol. The van der Waals surface area contributed by atoms with Crippen LogP contribution in [0, 0.1) is 0 Å². The van der Waals surface area contributed by atoms with E-state index in [0.29, 0.717) is 12.0 Å². The molecule has 65 heavy (non-hydrogen) atoms. The molecule has 0 aliphatic rings. The van der Waals surface area contributed by atoms with Crippen molar-refractivity contribution in [1.29, 1.82) is 0 Å². The first-order valence-corrected chi connectivity index (χ1v) is 22.7. The molecule has 5 heteroatoms. The van der Waals surface area contributed by atoms with Crippen molar-refractivity contribution in [2.45, 2.75) is 39.7 Å². The minimum absolute atomic E-state index is 0.297. The Hall–Kier alpha value is -8.02. The van der Waals surface area contributed by atoms with Crippen molar-refractivity contribution in [3.8, 4) is 44.9 Å². The summed E-state index contributed by atoms with van der Waals surface area (Å²) in [5, 5.41) is 2.36. The van der Waals surface area contributed by atoms with Crippen molar-refractivity contribution in [3.05, 3.63) is 224 Å². The number of hydrogen-bond acceptors (Lipinski definition) is 2. The summed E-state index contributed by atoms with van der Waals surface area (Å²) < 4.78 is 7.03. The second kappa shape index (κ2) is 16.6. The normalized spacial score (nSPS) is 11.7. The molecule has 0 bridgehead atoms. The molecular weight excluding hydrogens is 791 g/mol. The van der Waals surface area contributed by atoms with Crippen LogP contribution in [0.25, 0.3) is 77.7 Å².